The fourth-order valence-corrected chi connectivity index (χ4v) is 1.38. The molecule has 0 aliphatic rings. The molecule has 0 saturated heterocycles. The van der Waals surface area contributed by atoms with Crippen molar-refractivity contribution in [3.8, 4) is 0 Å². The number of hydrogen-bond acceptors (Lipinski definition) is 6. The van der Waals surface area contributed by atoms with Gasteiger partial charge in [0.1, 0.15) is 6.61 Å². The van der Waals surface area contributed by atoms with Crippen LogP contribution in [-0.4, -0.2) is 43.8 Å². The summed E-state index contributed by atoms with van der Waals surface area (Å²) in [7, 11) is 4.90. The summed E-state index contributed by atoms with van der Waals surface area (Å²) in [5.41, 5.74) is 0.824. The zero-order valence-corrected chi connectivity index (χ0v) is 10.4. The van der Waals surface area contributed by atoms with Crippen molar-refractivity contribution in [2.24, 2.45) is 0 Å². The molecule has 0 N–H and O–H groups in total. The van der Waals surface area contributed by atoms with Crippen molar-refractivity contribution in [2.45, 2.75) is 19.6 Å². The fraction of sp³-hybridized carbons (Fsp3) is 0.636. The largest absolute Gasteiger partial charge is 0.469 e. The topological polar surface area (TPSA) is 64.8 Å². The van der Waals surface area contributed by atoms with Crippen LogP contribution in [0.3, 0.4) is 0 Å². The van der Waals surface area contributed by atoms with Crippen molar-refractivity contribution < 1.29 is 18.8 Å². The smallest absolute Gasteiger partial charge is 0.306 e. The lowest BCUT2D eigenvalue weighted by molar-refractivity contribution is -0.140. The van der Waals surface area contributed by atoms with Crippen LogP contribution in [0.1, 0.15) is 17.9 Å². The summed E-state index contributed by atoms with van der Waals surface area (Å²) in [6, 6.07) is 1.85. The molecule has 1 heterocycles. The summed E-state index contributed by atoms with van der Waals surface area (Å²) in [4.78, 5) is 12.9. The molecule has 0 aliphatic carbocycles. The Kier molecular flexibility index (Phi) is 5.65. The molecule has 6 heteroatoms. The minimum atomic E-state index is -0.211. The first kappa shape index (κ1) is 13.7. The standard InChI is InChI=1S/C11H18N2O4/c1-13(5-4-11(14)16-3)7-9-6-10(8-15-2)17-12-9/h6H,4-5,7-8H2,1-3H3. The minimum absolute atomic E-state index is 0.211. The second-order valence-corrected chi connectivity index (χ2v) is 3.78. The van der Waals surface area contributed by atoms with Crippen molar-refractivity contribution in [3.05, 3.63) is 17.5 Å². The van der Waals surface area contributed by atoms with Gasteiger partial charge < -0.3 is 14.0 Å². The third-order valence-electron chi connectivity index (χ3n) is 2.25. The van der Waals surface area contributed by atoms with Crippen molar-refractivity contribution >= 4 is 5.97 Å². The molecule has 6 nitrogen and oxygen atoms in total. The normalized spacial score (nSPS) is 10.8. The van der Waals surface area contributed by atoms with Gasteiger partial charge in [-0.3, -0.25) is 9.69 Å². The highest BCUT2D eigenvalue weighted by atomic mass is 16.5. The van der Waals surface area contributed by atoms with Gasteiger partial charge in [-0.25, -0.2) is 0 Å². The van der Waals surface area contributed by atoms with Gasteiger partial charge in [0.05, 0.1) is 19.2 Å². The van der Waals surface area contributed by atoms with E-state index in [1.54, 1.807) is 7.11 Å². The lowest BCUT2D eigenvalue weighted by Gasteiger charge is -2.13. The van der Waals surface area contributed by atoms with E-state index in [1.807, 2.05) is 18.0 Å². The van der Waals surface area contributed by atoms with E-state index in [9.17, 15) is 4.79 Å². The molecule has 1 rings (SSSR count). The van der Waals surface area contributed by atoms with Crippen LogP contribution in [0.4, 0.5) is 0 Å². The second-order valence-electron chi connectivity index (χ2n) is 3.78. The first-order chi connectivity index (χ1) is 8.15. The van der Waals surface area contributed by atoms with Crippen molar-refractivity contribution in [1.29, 1.82) is 0 Å². The van der Waals surface area contributed by atoms with Crippen molar-refractivity contribution in [2.75, 3.05) is 27.8 Å². The Morgan fingerprint density at radius 3 is 2.94 bits per heavy atom. The van der Waals surface area contributed by atoms with E-state index in [0.717, 1.165) is 5.69 Å². The Morgan fingerprint density at radius 2 is 2.29 bits per heavy atom. The molecule has 0 spiro atoms. The van der Waals surface area contributed by atoms with Crippen LogP contribution in [-0.2, 0) is 27.4 Å². The molecule has 0 atom stereocenters. The molecule has 0 unspecified atom stereocenters. The highest BCUT2D eigenvalue weighted by Crippen LogP contribution is 2.07. The molecule has 0 saturated carbocycles. The monoisotopic (exact) mass is 242 g/mol. The van der Waals surface area contributed by atoms with E-state index in [4.69, 9.17) is 9.26 Å². The van der Waals surface area contributed by atoms with Crippen LogP contribution >= 0.6 is 0 Å². The molecule has 0 aliphatic heterocycles. The summed E-state index contributed by atoms with van der Waals surface area (Å²) >= 11 is 0. The Labute approximate surface area is 100 Å². The van der Waals surface area contributed by atoms with E-state index < -0.39 is 0 Å². The molecule has 0 amide bonds. The highest BCUT2D eigenvalue weighted by Gasteiger charge is 2.08. The number of esters is 1. The molecule has 1 aromatic rings. The van der Waals surface area contributed by atoms with Gasteiger partial charge in [0.2, 0.25) is 0 Å². The predicted octanol–water partition coefficient (Wildman–Crippen LogP) is 0.816. The lowest BCUT2D eigenvalue weighted by atomic mass is 10.3. The van der Waals surface area contributed by atoms with Crippen LogP contribution in [0.15, 0.2) is 10.6 Å². The predicted molar refractivity (Wildman–Crippen MR) is 60.2 cm³/mol. The summed E-state index contributed by atoms with van der Waals surface area (Å²) in [6.07, 6.45) is 0.371. The van der Waals surface area contributed by atoms with Gasteiger partial charge >= 0.3 is 5.97 Å². The van der Waals surface area contributed by atoms with E-state index >= 15 is 0 Å². The van der Waals surface area contributed by atoms with Gasteiger partial charge in [0.25, 0.3) is 0 Å². The Hall–Kier alpha value is -1.40. The zero-order chi connectivity index (χ0) is 12.7. The van der Waals surface area contributed by atoms with Crippen LogP contribution in [0.2, 0.25) is 0 Å². The average Bonchev–Trinajstić information content (AvgIpc) is 2.74. The number of nitrogens with zero attached hydrogens (tertiary/aromatic N) is 2. The van der Waals surface area contributed by atoms with Gasteiger partial charge in [-0.2, -0.15) is 0 Å². The number of rotatable bonds is 7. The second kappa shape index (κ2) is 7.03. The summed E-state index contributed by atoms with van der Waals surface area (Å²) < 4.78 is 14.6. The number of methoxy groups -OCH3 is 2. The third kappa shape index (κ3) is 4.97. The van der Waals surface area contributed by atoms with Gasteiger partial charge in [0, 0.05) is 26.3 Å². The fourth-order valence-electron chi connectivity index (χ4n) is 1.38. The van der Waals surface area contributed by atoms with Crippen LogP contribution in [0, 0.1) is 0 Å². The quantitative estimate of drug-likeness (QED) is 0.659. The highest BCUT2D eigenvalue weighted by molar-refractivity contribution is 5.69. The number of carbonyl (C=O) groups excluding carboxylic acids is 1. The van der Waals surface area contributed by atoms with E-state index in [2.05, 4.69) is 9.89 Å². The van der Waals surface area contributed by atoms with E-state index in [-0.39, 0.29) is 5.97 Å². The third-order valence-corrected chi connectivity index (χ3v) is 2.25. The van der Waals surface area contributed by atoms with E-state index in [1.165, 1.54) is 7.11 Å². The van der Waals surface area contributed by atoms with Crippen LogP contribution in [0.5, 0.6) is 0 Å². The molecule has 96 valence electrons. The van der Waals surface area contributed by atoms with Gasteiger partial charge in [-0.1, -0.05) is 5.16 Å². The Morgan fingerprint density at radius 1 is 1.53 bits per heavy atom. The Bertz CT molecular complexity index is 351. The number of aromatic nitrogens is 1. The summed E-state index contributed by atoms with van der Waals surface area (Å²) in [5, 5.41) is 3.91. The summed E-state index contributed by atoms with van der Waals surface area (Å²) in [5.74, 6) is 0.487. The molecule has 1 aromatic heterocycles. The zero-order valence-electron chi connectivity index (χ0n) is 10.4. The van der Waals surface area contributed by atoms with Gasteiger partial charge in [0.15, 0.2) is 5.76 Å². The molecule has 17 heavy (non-hydrogen) atoms. The average molecular weight is 242 g/mol. The molecule has 0 radical (unpaired) electrons. The molecular weight excluding hydrogens is 224 g/mol. The van der Waals surface area contributed by atoms with Crippen LogP contribution < -0.4 is 0 Å². The van der Waals surface area contributed by atoms with Crippen molar-refractivity contribution in [1.82, 2.24) is 10.1 Å². The maximum Gasteiger partial charge on any atom is 0.306 e. The van der Waals surface area contributed by atoms with Gasteiger partial charge in [-0.05, 0) is 7.05 Å². The summed E-state index contributed by atoms with van der Waals surface area (Å²) in [6.45, 7) is 1.67. The first-order valence-electron chi connectivity index (χ1n) is 5.34. The molecule has 0 bridgehead atoms. The van der Waals surface area contributed by atoms with Crippen LogP contribution in [0.25, 0.3) is 0 Å². The number of ether oxygens (including phenoxy) is 2. The lowest BCUT2D eigenvalue weighted by Crippen LogP contribution is -2.22. The first-order valence-corrected chi connectivity index (χ1v) is 5.34. The molecular formula is C11H18N2O4. The van der Waals surface area contributed by atoms with Gasteiger partial charge in [-0.15, -0.1) is 0 Å². The maximum absolute atomic E-state index is 11.0. The number of hydrogen-bond donors (Lipinski definition) is 0. The minimum Gasteiger partial charge on any atom is -0.469 e. The van der Waals surface area contributed by atoms with Crippen molar-refractivity contribution in [3.63, 3.8) is 0 Å². The Balaban J connectivity index is 2.34. The molecule has 0 aromatic carbocycles. The van der Waals surface area contributed by atoms with E-state index in [0.29, 0.717) is 31.9 Å². The SMILES string of the molecule is COCc1cc(CN(C)CCC(=O)OC)no1. The molecule has 0 fully saturated rings. The maximum atomic E-state index is 11.0. The number of carbonyl (C=O) groups is 1.